The van der Waals surface area contributed by atoms with E-state index in [9.17, 15) is 4.79 Å². The van der Waals surface area contributed by atoms with Gasteiger partial charge in [0.05, 0.1) is 5.92 Å². The highest BCUT2D eigenvalue weighted by molar-refractivity contribution is 6.30. The fraction of sp³-hybridized carbons (Fsp3) is 0.562. The summed E-state index contributed by atoms with van der Waals surface area (Å²) in [7, 11) is 1.49. The molecule has 0 aliphatic carbocycles. The lowest BCUT2D eigenvalue weighted by Crippen LogP contribution is -2.28. The molecule has 0 aromatic heterocycles. The molecule has 114 valence electrons. The fourth-order valence-electron chi connectivity index (χ4n) is 3.12. The highest BCUT2D eigenvalue weighted by Crippen LogP contribution is 2.32. The van der Waals surface area contributed by atoms with E-state index in [2.05, 4.69) is 11.8 Å². The van der Waals surface area contributed by atoms with E-state index in [4.69, 9.17) is 16.3 Å². The average molecular weight is 308 g/mol. The van der Waals surface area contributed by atoms with Crippen molar-refractivity contribution in [2.45, 2.75) is 32.6 Å². The van der Waals surface area contributed by atoms with Crippen LogP contribution in [0.1, 0.15) is 32.6 Å². The minimum Gasteiger partial charge on any atom is -0.543 e. The van der Waals surface area contributed by atoms with Crippen LogP contribution in [0, 0.1) is 11.8 Å². The zero-order valence-corrected chi connectivity index (χ0v) is 13.6. The van der Waals surface area contributed by atoms with Gasteiger partial charge in [0.25, 0.3) is 5.97 Å². The molecular formula is C16H23BClNO2. The van der Waals surface area contributed by atoms with Gasteiger partial charge in [-0.05, 0) is 43.0 Å². The van der Waals surface area contributed by atoms with Crippen LogP contribution in [-0.2, 0) is 9.45 Å². The summed E-state index contributed by atoms with van der Waals surface area (Å²) in [5.41, 5.74) is 1.18. The predicted octanol–water partition coefficient (Wildman–Crippen LogP) is 3.06. The minimum atomic E-state index is -0.0496. The molecular weight excluding hydrogens is 284 g/mol. The van der Waals surface area contributed by atoms with Crippen LogP contribution in [0.2, 0.25) is 5.02 Å². The Balaban J connectivity index is 2.01. The first-order chi connectivity index (χ1) is 10.2. The number of carbonyl (C=O) groups is 1. The van der Waals surface area contributed by atoms with Gasteiger partial charge in [-0.25, -0.2) is 0 Å². The van der Waals surface area contributed by atoms with Crippen LogP contribution in [0.3, 0.4) is 0 Å². The highest BCUT2D eigenvalue weighted by atomic mass is 35.5. The summed E-state index contributed by atoms with van der Waals surface area (Å²) in [4.78, 5) is 14.4. The maximum absolute atomic E-state index is 12.0. The number of rotatable bonds is 6. The van der Waals surface area contributed by atoms with Gasteiger partial charge in [0.2, 0.25) is 0 Å². The van der Waals surface area contributed by atoms with Gasteiger partial charge >= 0.3 is 8.05 Å². The molecule has 21 heavy (non-hydrogen) atoms. The number of carbonyl (C=O) groups excluding carboxylic acids is 1. The molecule has 0 saturated carbocycles. The van der Waals surface area contributed by atoms with Crippen LogP contribution >= 0.6 is 11.6 Å². The molecule has 2 atom stereocenters. The van der Waals surface area contributed by atoms with Gasteiger partial charge in [-0.2, -0.15) is 0 Å². The molecule has 0 radical (unpaired) electrons. The Labute approximate surface area is 133 Å². The number of unbranched alkanes of at least 4 members (excludes halogenated alkanes) is 1. The van der Waals surface area contributed by atoms with Crippen molar-refractivity contribution in [1.82, 2.24) is 0 Å². The second-order valence-electron chi connectivity index (χ2n) is 5.74. The smallest absolute Gasteiger partial charge is 0.325 e. The molecule has 1 aliphatic heterocycles. The highest BCUT2D eigenvalue weighted by Gasteiger charge is 2.33. The van der Waals surface area contributed by atoms with Crippen LogP contribution < -0.4 is 4.90 Å². The van der Waals surface area contributed by atoms with Gasteiger partial charge < -0.3 is 9.55 Å². The number of hydrogen-bond donors (Lipinski definition) is 0. The van der Waals surface area contributed by atoms with Crippen LogP contribution in [0.25, 0.3) is 0 Å². The van der Waals surface area contributed by atoms with Gasteiger partial charge in [-0.3, -0.25) is 4.79 Å². The Morgan fingerprint density at radius 1 is 1.48 bits per heavy atom. The first kappa shape index (κ1) is 16.2. The summed E-state index contributed by atoms with van der Waals surface area (Å²) in [6.07, 6.45) is 4.17. The predicted molar refractivity (Wildman–Crippen MR) is 89.4 cm³/mol. The summed E-state index contributed by atoms with van der Waals surface area (Å²) in [5, 5.41) is 0.755. The zero-order chi connectivity index (χ0) is 15.2. The van der Waals surface area contributed by atoms with E-state index in [1.54, 1.807) is 0 Å². The maximum Gasteiger partial charge on any atom is 0.325 e. The summed E-state index contributed by atoms with van der Waals surface area (Å²) in [6, 6.07) is 7.92. The second kappa shape index (κ2) is 7.74. The first-order valence-electron chi connectivity index (χ1n) is 7.74. The third-order valence-corrected chi connectivity index (χ3v) is 4.61. The number of hydrogen-bond acceptors (Lipinski definition) is 3. The molecule has 3 nitrogen and oxygen atoms in total. The Morgan fingerprint density at radius 2 is 2.19 bits per heavy atom. The summed E-state index contributed by atoms with van der Waals surface area (Å²) in [5.74, 6) is 0.373. The molecule has 1 aromatic rings. The maximum atomic E-state index is 12.0. The van der Waals surface area contributed by atoms with Gasteiger partial charge in [-0.15, -0.1) is 0 Å². The topological polar surface area (TPSA) is 29.5 Å². The van der Waals surface area contributed by atoms with E-state index in [-0.39, 0.29) is 11.9 Å². The Hall–Kier alpha value is -1.16. The average Bonchev–Trinajstić information content (AvgIpc) is 2.97. The Kier molecular flexibility index (Phi) is 5.98. The van der Waals surface area contributed by atoms with Crippen molar-refractivity contribution >= 4 is 31.3 Å². The van der Waals surface area contributed by atoms with E-state index in [0.29, 0.717) is 5.92 Å². The third-order valence-electron chi connectivity index (χ3n) is 4.36. The van der Waals surface area contributed by atoms with Crippen molar-refractivity contribution in [2.75, 3.05) is 18.0 Å². The van der Waals surface area contributed by atoms with Gasteiger partial charge in [-0.1, -0.05) is 31.4 Å². The summed E-state index contributed by atoms with van der Waals surface area (Å²) < 4.78 is 5.00. The van der Waals surface area contributed by atoms with Crippen LogP contribution in [0.5, 0.6) is 0 Å². The number of halogens is 1. The van der Waals surface area contributed by atoms with E-state index in [1.165, 1.54) is 13.7 Å². The quantitative estimate of drug-likeness (QED) is 0.757. The molecule has 1 aromatic carbocycles. The molecule has 0 bridgehead atoms. The molecule has 2 rings (SSSR count). The lowest BCUT2D eigenvalue weighted by Gasteiger charge is -2.23. The van der Waals surface area contributed by atoms with Crippen molar-refractivity contribution in [3.05, 3.63) is 29.3 Å². The molecule has 1 fully saturated rings. The fourth-order valence-corrected chi connectivity index (χ4v) is 3.25. The van der Waals surface area contributed by atoms with Crippen molar-refractivity contribution in [3.63, 3.8) is 0 Å². The minimum absolute atomic E-state index is 0.0345. The molecule has 5 heteroatoms. The largest absolute Gasteiger partial charge is 0.543 e. The lowest BCUT2D eigenvalue weighted by atomic mass is 9.87. The Morgan fingerprint density at radius 3 is 2.81 bits per heavy atom. The van der Waals surface area contributed by atoms with Crippen LogP contribution in [0.4, 0.5) is 5.69 Å². The molecule has 1 aliphatic rings. The van der Waals surface area contributed by atoms with E-state index < -0.39 is 0 Å². The van der Waals surface area contributed by atoms with Crippen molar-refractivity contribution in [3.8, 4) is 0 Å². The van der Waals surface area contributed by atoms with Crippen molar-refractivity contribution in [2.24, 2.45) is 11.8 Å². The monoisotopic (exact) mass is 307 g/mol. The SMILES string of the molecule is BOC(=O)C(CCCC)[C@@H]1CCN(c2ccc(Cl)cc2)C1. The molecule has 0 spiro atoms. The van der Waals surface area contributed by atoms with E-state index >= 15 is 0 Å². The summed E-state index contributed by atoms with van der Waals surface area (Å²) >= 11 is 5.94. The molecule has 1 saturated heterocycles. The van der Waals surface area contributed by atoms with Gasteiger partial charge in [0, 0.05) is 23.8 Å². The standard InChI is InChI=1S/C16H23BClNO2/c1-2-3-4-15(16(20)21-17)12-9-10-19(11-12)14-7-5-13(18)6-8-14/h5-8,12,15H,2-4,9-11,17H2,1H3/t12-,15?/m1/s1. The van der Waals surface area contributed by atoms with E-state index in [1.807, 2.05) is 24.3 Å². The molecule has 1 heterocycles. The third kappa shape index (κ3) is 4.16. The van der Waals surface area contributed by atoms with Crippen LogP contribution in [0.15, 0.2) is 24.3 Å². The van der Waals surface area contributed by atoms with Gasteiger partial charge in [0.15, 0.2) is 0 Å². The number of benzene rings is 1. The van der Waals surface area contributed by atoms with Crippen molar-refractivity contribution in [1.29, 1.82) is 0 Å². The zero-order valence-electron chi connectivity index (χ0n) is 12.8. The first-order valence-corrected chi connectivity index (χ1v) is 8.11. The number of nitrogens with zero attached hydrogens (tertiary/aromatic N) is 1. The number of anilines is 1. The van der Waals surface area contributed by atoms with Gasteiger partial charge in [0.1, 0.15) is 0 Å². The van der Waals surface area contributed by atoms with Crippen LogP contribution in [-0.4, -0.2) is 27.1 Å². The molecule has 0 N–H and O–H groups in total. The molecule has 0 amide bonds. The normalized spacial score (nSPS) is 19.5. The van der Waals surface area contributed by atoms with E-state index in [0.717, 1.165) is 43.8 Å². The van der Waals surface area contributed by atoms with Crippen molar-refractivity contribution < 1.29 is 9.45 Å². The Bertz CT molecular complexity index is 466. The second-order valence-corrected chi connectivity index (χ2v) is 6.18. The summed E-state index contributed by atoms with van der Waals surface area (Å²) in [6.45, 7) is 4.07. The lowest BCUT2D eigenvalue weighted by molar-refractivity contribution is -0.140. The molecule has 1 unspecified atom stereocenters.